The third-order valence-corrected chi connectivity index (χ3v) is 4.55. The van der Waals surface area contributed by atoms with E-state index in [0.29, 0.717) is 25.3 Å². The molecule has 0 saturated carbocycles. The first-order chi connectivity index (χ1) is 14.3. The minimum atomic E-state index is -0.440. The molecule has 1 aromatic carbocycles. The highest BCUT2D eigenvalue weighted by Gasteiger charge is 2.23. The Morgan fingerprint density at radius 1 is 1.13 bits per heavy atom. The number of nitrogens with one attached hydrogen (secondary N) is 1. The standard InChI is InChI=1S/C17H24N2O2.C7H8O2/c1-17(2,3)21-16(20)19-11-9-14(10-12-19)13-5-7-15(18-4)8-6-13;8-6-9-7-4-2-1-3-5-7/h5-9,18H,10-12H2,1-4H3;2,4-6H,1,3H2. The lowest BCUT2D eigenvalue weighted by Crippen LogP contribution is -2.39. The molecule has 3 rings (SSSR count). The van der Waals surface area contributed by atoms with E-state index in [1.807, 2.05) is 40.0 Å². The molecule has 0 aromatic heterocycles. The highest BCUT2D eigenvalue weighted by molar-refractivity contribution is 5.73. The summed E-state index contributed by atoms with van der Waals surface area (Å²) in [6.07, 6.45) is 10.4. The predicted molar refractivity (Wildman–Crippen MR) is 120 cm³/mol. The van der Waals surface area contributed by atoms with Gasteiger partial charge in [0.15, 0.2) is 0 Å². The number of hydrogen-bond donors (Lipinski definition) is 1. The number of rotatable bonds is 4. The van der Waals surface area contributed by atoms with Crippen molar-refractivity contribution in [3.63, 3.8) is 0 Å². The Morgan fingerprint density at radius 3 is 2.37 bits per heavy atom. The van der Waals surface area contributed by atoms with Crippen molar-refractivity contribution in [3.8, 4) is 0 Å². The fraction of sp³-hybridized carbons (Fsp3) is 0.417. The molecule has 2 aliphatic rings. The summed E-state index contributed by atoms with van der Waals surface area (Å²) in [5, 5.41) is 3.11. The molecular formula is C24H32N2O4. The smallest absolute Gasteiger partial charge is 0.410 e. The van der Waals surface area contributed by atoms with Gasteiger partial charge < -0.3 is 19.7 Å². The van der Waals surface area contributed by atoms with Gasteiger partial charge in [-0.2, -0.15) is 0 Å². The van der Waals surface area contributed by atoms with E-state index in [-0.39, 0.29) is 6.09 Å². The second-order valence-corrected chi connectivity index (χ2v) is 8.03. The molecule has 0 atom stereocenters. The molecule has 162 valence electrons. The molecule has 1 heterocycles. The third-order valence-electron chi connectivity index (χ3n) is 4.55. The zero-order chi connectivity index (χ0) is 22.0. The summed E-state index contributed by atoms with van der Waals surface area (Å²) in [5.74, 6) is 0.663. The molecular weight excluding hydrogens is 380 g/mol. The molecule has 0 fully saturated rings. The van der Waals surface area contributed by atoms with Crippen LogP contribution in [0.2, 0.25) is 0 Å². The summed E-state index contributed by atoms with van der Waals surface area (Å²) >= 11 is 0. The lowest BCUT2D eigenvalue weighted by Gasteiger charge is -2.29. The van der Waals surface area contributed by atoms with Crippen LogP contribution in [0.15, 0.2) is 54.3 Å². The van der Waals surface area contributed by atoms with Gasteiger partial charge in [-0.1, -0.05) is 24.3 Å². The van der Waals surface area contributed by atoms with Crippen LogP contribution in [0, 0.1) is 0 Å². The average molecular weight is 413 g/mol. The van der Waals surface area contributed by atoms with E-state index in [0.717, 1.165) is 24.9 Å². The summed E-state index contributed by atoms with van der Waals surface area (Å²) in [6.45, 7) is 7.42. The van der Waals surface area contributed by atoms with Crippen molar-refractivity contribution in [3.05, 3.63) is 59.9 Å². The lowest BCUT2D eigenvalue weighted by molar-refractivity contribution is -0.124. The Morgan fingerprint density at radius 2 is 1.87 bits per heavy atom. The molecule has 6 heteroatoms. The summed E-state index contributed by atoms with van der Waals surface area (Å²) < 4.78 is 9.97. The second-order valence-electron chi connectivity index (χ2n) is 8.03. The predicted octanol–water partition coefficient (Wildman–Crippen LogP) is 5.15. The van der Waals surface area contributed by atoms with Crippen molar-refractivity contribution in [1.82, 2.24) is 4.90 Å². The topological polar surface area (TPSA) is 67.9 Å². The molecule has 1 aromatic rings. The van der Waals surface area contributed by atoms with Gasteiger partial charge in [0, 0.05) is 25.8 Å². The van der Waals surface area contributed by atoms with Crippen molar-refractivity contribution in [2.75, 3.05) is 25.5 Å². The molecule has 0 spiro atoms. The van der Waals surface area contributed by atoms with Gasteiger partial charge >= 0.3 is 6.09 Å². The zero-order valence-electron chi connectivity index (χ0n) is 18.3. The van der Waals surface area contributed by atoms with Crippen LogP contribution in [0.4, 0.5) is 10.5 Å². The number of benzene rings is 1. The molecule has 0 bridgehead atoms. The number of amides is 1. The summed E-state index contributed by atoms with van der Waals surface area (Å²) in [7, 11) is 1.91. The van der Waals surface area contributed by atoms with Crippen molar-refractivity contribution < 1.29 is 19.1 Å². The quantitative estimate of drug-likeness (QED) is 0.693. The normalized spacial score (nSPS) is 15.8. The van der Waals surface area contributed by atoms with E-state index >= 15 is 0 Å². The van der Waals surface area contributed by atoms with Crippen LogP contribution >= 0.6 is 0 Å². The molecule has 1 aliphatic carbocycles. The van der Waals surface area contributed by atoms with Crippen molar-refractivity contribution in [2.45, 2.75) is 45.6 Å². The van der Waals surface area contributed by atoms with Gasteiger partial charge in [-0.15, -0.1) is 0 Å². The monoisotopic (exact) mass is 412 g/mol. The summed E-state index contributed by atoms with van der Waals surface area (Å²) in [4.78, 5) is 23.5. The van der Waals surface area contributed by atoms with E-state index in [9.17, 15) is 9.59 Å². The number of carbonyl (C=O) groups excluding carboxylic acids is 2. The van der Waals surface area contributed by atoms with Gasteiger partial charge in [-0.05, 0) is 75.5 Å². The van der Waals surface area contributed by atoms with E-state index in [1.54, 1.807) is 11.0 Å². The first-order valence-electron chi connectivity index (χ1n) is 10.2. The van der Waals surface area contributed by atoms with Gasteiger partial charge in [0.1, 0.15) is 11.4 Å². The van der Waals surface area contributed by atoms with Gasteiger partial charge in [0.2, 0.25) is 0 Å². The number of nitrogens with zero attached hydrogens (tertiary/aromatic N) is 1. The maximum Gasteiger partial charge on any atom is 0.410 e. The number of ether oxygens (including phenoxy) is 2. The van der Waals surface area contributed by atoms with Crippen LogP contribution < -0.4 is 5.32 Å². The highest BCUT2D eigenvalue weighted by atomic mass is 16.6. The Balaban J connectivity index is 0.000000297. The van der Waals surface area contributed by atoms with E-state index in [4.69, 9.17) is 4.74 Å². The van der Waals surface area contributed by atoms with Crippen LogP contribution in [0.1, 0.15) is 45.6 Å². The average Bonchev–Trinajstić information content (AvgIpc) is 2.74. The maximum absolute atomic E-state index is 12.0. The van der Waals surface area contributed by atoms with Gasteiger partial charge in [0.25, 0.3) is 6.47 Å². The van der Waals surface area contributed by atoms with Crippen LogP contribution in [0.25, 0.3) is 5.57 Å². The van der Waals surface area contributed by atoms with Crippen molar-refractivity contribution in [2.24, 2.45) is 0 Å². The van der Waals surface area contributed by atoms with Crippen molar-refractivity contribution in [1.29, 1.82) is 0 Å². The van der Waals surface area contributed by atoms with Crippen LogP contribution in [0.5, 0.6) is 0 Å². The SMILES string of the molecule is CNc1ccc(C2=CCN(C(=O)OC(C)(C)C)CC2)cc1.O=COC1=CCCC=C1. The minimum absolute atomic E-state index is 0.233. The van der Waals surface area contributed by atoms with Crippen LogP contribution in [-0.2, 0) is 14.3 Å². The zero-order valence-corrected chi connectivity index (χ0v) is 18.3. The van der Waals surface area contributed by atoms with Gasteiger partial charge in [0.05, 0.1) is 0 Å². The number of hydrogen-bond acceptors (Lipinski definition) is 5. The summed E-state index contributed by atoms with van der Waals surface area (Å²) in [5.41, 5.74) is 3.17. The second kappa shape index (κ2) is 11.2. The van der Waals surface area contributed by atoms with Gasteiger partial charge in [-0.3, -0.25) is 4.79 Å². The van der Waals surface area contributed by atoms with Crippen molar-refractivity contribution >= 4 is 23.8 Å². The lowest BCUT2D eigenvalue weighted by atomic mass is 9.99. The largest absolute Gasteiger partial charge is 0.444 e. The highest BCUT2D eigenvalue weighted by Crippen LogP contribution is 2.24. The fourth-order valence-electron chi connectivity index (χ4n) is 3.01. The van der Waals surface area contributed by atoms with Gasteiger partial charge in [-0.25, -0.2) is 4.79 Å². The molecule has 1 N–H and O–H groups in total. The molecule has 0 saturated heterocycles. The number of allylic oxidation sites excluding steroid dienone is 3. The fourth-order valence-corrected chi connectivity index (χ4v) is 3.01. The van der Waals surface area contributed by atoms with E-state index in [2.05, 4.69) is 40.4 Å². The minimum Gasteiger partial charge on any atom is -0.444 e. The molecule has 0 radical (unpaired) electrons. The summed E-state index contributed by atoms with van der Waals surface area (Å²) in [6, 6.07) is 8.36. The third kappa shape index (κ3) is 7.78. The number of carbonyl (C=O) groups is 2. The Labute approximate surface area is 179 Å². The molecule has 1 amide bonds. The Kier molecular flexibility index (Phi) is 8.71. The van der Waals surface area contributed by atoms with Crippen LogP contribution in [0.3, 0.4) is 0 Å². The first kappa shape index (κ1) is 23.3. The molecule has 30 heavy (non-hydrogen) atoms. The Bertz CT molecular complexity index is 801. The molecule has 0 unspecified atom stereocenters. The first-order valence-corrected chi connectivity index (χ1v) is 10.2. The van der Waals surface area contributed by atoms with Crippen LogP contribution in [-0.4, -0.2) is 43.2 Å². The molecule has 1 aliphatic heterocycles. The Hall–Kier alpha value is -3.02. The van der Waals surface area contributed by atoms with E-state index < -0.39 is 5.60 Å². The number of anilines is 1. The molecule has 6 nitrogen and oxygen atoms in total. The van der Waals surface area contributed by atoms with E-state index in [1.165, 1.54) is 11.1 Å². The maximum atomic E-state index is 12.0.